The van der Waals surface area contributed by atoms with E-state index >= 15 is 0 Å². The number of hydrogen-bond donors (Lipinski definition) is 0. The number of carbonyl (C=O) groups is 1. The lowest BCUT2D eigenvalue weighted by molar-refractivity contribution is -0.138. The molecule has 1 aliphatic rings. The largest absolute Gasteiger partial charge is 0.333 e. The van der Waals surface area contributed by atoms with Crippen LogP contribution in [0.15, 0.2) is 24.3 Å². The van der Waals surface area contributed by atoms with Crippen LogP contribution in [0, 0.1) is 12.8 Å². The number of rotatable bonds is 4. The van der Waals surface area contributed by atoms with Crippen LogP contribution < -0.4 is 0 Å². The molecule has 1 aliphatic carbocycles. The van der Waals surface area contributed by atoms with E-state index in [2.05, 4.69) is 35.4 Å². The molecule has 0 saturated heterocycles. The zero-order valence-corrected chi connectivity index (χ0v) is 15.6. The molecule has 0 aliphatic heterocycles. The summed E-state index contributed by atoms with van der Waals surface area (Å²) in [5, 5.41) is 12.6. The molecule has 1 saturated carbocycles. The van der Waals surface area contributed by atoms with Crippen LogP contribution in [0.25, 0.3) is 5.69 Å². The second-order valence-corrected chi connectivity index (χ2v) is 7.22. The molecule has 1 fully saturated rings. The Morgan fingerprint density at radius 1 is 1.32 bits per heavy atom. The van der Waals surface area contributed by atoms with Crippen LogP contribution in [-0.2, 0) is 10.3 Å². The van der Waals surface area contributed by atoms with Gasteiger partial charge in [-0.2, -0.15) is 4.68 Å². The maximum Gasteiger partial charge on any atom is 0.222 e. The Morgan fingerprint density at radius 2 is 2.00 bits per heavy atom. The van der Waals surface area contributed by atoms with Crippen LogP contribution in [0.1, 0.15) is 57.3 Å². The zero-order chi connectivity index (χ0) is 18.0. The molecule has 0 radical (unpaired) electrons. The fourth-order valence-electron chi connectivity index (χ4n) is 3.87. The van der Waals surface area contributed by atoms with E-state index in [0.29, 0.717) is 12.3 Å². The molecule has 0 spiro atoms. The highest BCUT2D eigenvalue weighted by atomic mass is 16.2. The lowest BCUT2D eigenvalue weighted by atomic mass is 9.75. The first-order valence-electron chi connectivity index (χ1n) is 9.11. The van der Waals surface area contributed by atoms with E-state index in [4.69, 9.17) is 0 Å². The topological polar surface area (TPSA) is 63.9 Å². The van der Waals surface area contributed by atoms with Gasteiger partial charge in [0.05, 0.1) is 5.69 Å². The number of aromatic nitrogens is 4. The summed E-state index contributed by atoms with van der Waals surface area (Å²) in [6, 6.07) is 8.07. The summed E-state index contributed by atoms with van der Waals surface area (Å²) < 4.78 is 1.82. The summed E-state index contributed by atoms with van der Waals surface area (Å²) in [7, 11) is 1.90. The van der Waals surface area contributed by atoms with Crippen molar-refractivity contribution in [1.82, 2.24) is 25.1 Å². The molecular formula is C19H27N5O. The Balaban J connectivity index is 2.11. The van der Waals surface area contributed by atoms with Gasteiger partial charge in [0.15, 0.2) is 5.82 Å². The molecule has 0 bridgehead atoms. The summed E-state index contributed by atoms with van der Waals surface area (Å²) >= 11 is 0. The zero-order valence-electron chi connectivity index (χ0n) is 15.6. The number of para-hydroxylation sites is 1. The van der Waals surface area contributed by atoms with Gasteiger partial charge in [-0.3, -0.25) is 4.79 Å². The average molecular weight is 341 g/mol. The predicted molar refractivity (Wildman–Crippen MR) is 96.3 cm³/mol. The van der Waals surface area contributed by atoms with Crippen molar-refractivity contribution in [3.63, 3.8) is 0 Å². The molecule has 1 aromatic heterocycles. The van der Waals surface area contributed by atoms with Crippen molar-refractivity contribution in [1.29, 1.82) is 0 Å². The monoisotopic (exact) mass is 341 g/mol. The van der Waals surface area contributed by atoms with E-state index in [1.807, 2.05) is 41.8 Å². The van der Waals surface area contributed by atoms with Crippen molar-refractivity contribution in [2.75, 3.05) is 7.05 Å². The summed E-state index contributed by atoms with van der Waals surface area (Å²) in [5.41, 5.74) is 1.64. The van der Waals surface area contributed by atoms with Crippen molar-refractivity contribution in [2.24, 2.45) is 5.92 Å². The quantitative estimate of drug-likeness (QED) is 0.856. The van der Waals surface area contributed by atoms with E-state index in [1.54, 1.807) is 0 Å². The van der Waals surface area contributed by atoms with Gasteiger partial charge in [-0.1, -0.05) is 32.0 Å². The molecular weight excluding hydrogens is 314 g/mol. The van der Waals surface area contributed by atoms with Crippen molar-refractivity contribution < 1.29 is 4.79 Å². The van der Waals surface area contributed by atoms with Gasteiger partial charge >= 0.3 is 0 Å². The highest BCUT2D eigenvalue weighted by Crippen LogP contribution is 2.43. The van der Waals surface area contributed by atoms with Crippen molar-refractivity contribution in [3.05, 3.63) is 35.7 Å². The fraction of sp³-hybridized carbons (Fsp3) is 0.579. The molecule has 134 valence electrons. The number of hydrogen-bond acceptors (Lipinski definition) is 4. The molecule has 6 nitrogen and oxygen atoms in total. The maximum absolute atomic E-state index is 12.6. The first-order chi connectivity index (χ1) is 12.0. The van der Waals surface area contributed by atoms with Gasteiger partial charge in [-0.15, -0.1) is 5.10 Å². The van der Waals surface area contributed by atoms with Crippen molar-refractivity contribution in [3.8, 4) is 5.69 Å². The molecule has 0 atom stereocenters. The number of aryl methyl sites for hydroxylation is 1. The first-order valence-corrected chi connectivity index (χ1v) is 9.11. The van der Waals surface area contributed by atoms with Crippen molar-refractivity contribution in [2.45, 2.75) is 58.4 Å². The lowest BCUT2D eigenvalue weighted by Crippen LogP contribution is -2.50. The molecule has 2 aromatic rings. The van der Waals surface area contributed by atoms with Crippen LogP contribution in [0.2, 0.25) is 0 Å². The van der Waals surface area contributed by atoms with E-state index in [1.165, 1.54) is 0 Å². The van der Waals surface area contributed by atoms with Crippen molar-refractivity contribution >= 4 is 5.91 Å². The van der Waals surface area contributed by atoms with Crippen LogP contribution >= 0.6 is 0 Å². The van der Waals surface area contributed by atoms with Crippen LogP contribution in [0.3, 0.4) is 0 Å². The van der Waals surface area contributed by atoms with Gasteiger partial charge in [0.25, 0.3) is 0 Å². The summed E-state index contributed by atoms with van der Waals surface area (Å²) in [6.07, 6.45) is 4.41. The summed E-state index contributed by atoms with van der Waals surface area (Å²) in [5.74, 6) is 1.58. The molecule has 25 heavy (non-hydrogen) atoms. The average Bonchev–Trinajstić information content (AvgIpc) is 3.12. The number of benzene rings is 1. The first kappa shape index (κ1) is 17.6. The number of carbonyl (C=O) groups excluding carboxylic acids is 1. The molecule has 1 aromatic carbocycles. The highest BCUT2D eigenvalue weighted by molar-refractivity contribution is 5.76. The molecule has 0 unspecified atom stereocenters. The summed E-state index contributed by atoms with van der Waals surface area (Å²) in [4.78, 5) is 14.4. The predicted octanol–water partition coefficient (Wildman–Crippen LogP) is 3.24. The van der Waals surface area contributed by atoms with Gasteiger partial charge in [0.2, 0.25) is 5.91 Å². The normalized spacial score (nSPS) is 23.4. The minimum Gasteiger partial charge on any atom is -0.333 e. The minimum absolute atomic E-state index is 0.133. The fourth-order valence-corrected chi connectivity index (χ4v) is 3.87. The second-order valence-electron chi connectivity index (χ2n) is 7.22. The van der Waals surface area contributed by atoms with Crippen LogP contribution in [0.4, 0.5) is 0 Å². The Kier molecular flexibility index (Phi) is 4.88. The highest BCUT2D eigenvalue weighted by Gasteiger charge is 2.45. The van der Waals surface area contributed by atoms with Gasteiger partial charge in [-0.25, -0.2) is 0 Å². The van der Waals surface area contributed by atoms with Gasteiger partial charge in [0, 0.05) is 13.5 Å². The molecule has 0 N–H and O–H groups in total. The van der Waals surface area contributed by atoms with Gasteiger partial charge in [-0.05, 0) is 60.6 Å². The third-order valence-corrected chi connectivity index (χ3v) is 5.65. The number of nitrogens with zero attached hydrogens (tertiary/aromatic N) is 5. The molecule has 1 heterocycles. The summed E-state index contributed by atoms with van der Waals surface area (Å²) in [6.45, 7) is 6.23. The van der Waals surface area contributed by atoms with Gasteiger partial charge < -0.3 is 4.90 Å². The SMILES string of the molecule is CCC(=O)N(C)C1(c2nnnn2-c2ccccc2C)CCC(C)CC1. The van der Waals surface area contributed by atoms with E-state index in [0.717, 1.165) is 42.8 Å². The Labute approximate surface area is 149 Å². The van der Waals surface area contributed by atoms with E-state index < -0.39 is 5.54 Å². The Bertz CT molecular complexity index is 746. The van der Waals surface area contributed by atoms with Gasteiger partial charge in [0.1, 0.15) is 5.54 Å². The third-order valence-electron chi connectivity index (χ3n) is 5.65. The smallest absolute Gasteiger partial charge is 0.222 e. The van der Waals surface area contributed by atoms with Crippen LogP contribution in [0.5, 0.6) is 0 Å². The Hall–Kier alpha value is -2.24. The molecule has 1 amide bonds. The second kappa shape index (κ2) is 6.94. The molecule has 3 rings (SSSR count). The third kappa shape index (κ3) is 3.05. The van der Waals surface area contributed by atoms with E-state index in [9.17, 15) is 4.79 Å². The standard InChI is InChI=1S/C19H27N5O/c1-5-17(25)23(4)19(12-10-14(2)11-13-19)18-20-21-22-24(18)16-9-7-6-8-15(16)3/h6-9,14H,5,10-13H2,1-4H3. The maximum atomic E-state index is 12.6. The lowest BCUT2D eigenvalue weighted by Gasteiger charge is -2.44. The number of tetrazole rings is 1. The van der Waals surface area contributed by atoms with Crippen LogP contribution in [-0.4, -0.2) is 38.1 Å². The molecule has 6 heteroatoms. The number of amides is 1. The Morgan fingerprint density at radius 3 is 2.64 bits per heavy atom. The van der Waals surface area contributed by atoms with E-state index in [-0.39, 0.29) is 5.91 Å². The minimum atomic E-state index is -0.439.